The zero-order chi connectivity index (χ0) is 21.5. The van der Waals surface area contributed by atoms with Crippen LogP contribution in [-0.4, -0.2) is 44.5 Å². The molecule has 0 bridgehead atoms. The monoisotopic (exact) mass is 415 g/mol. The molecule has 1 aliphatic rings. The van der Waals surface area contributed by atoms with Crippen LogP contribution < -0.4 is 5.32 Å². The van der Waals surface area contributed by atoms with Crippen molar-refractivity contribution in [1.29, 1.82) is 0 Å². The summed E-state index contributed by atoms with van der Waals surface area (Å²) in [4.78, 5) is 30.8. The number of hydrogen-bond acceptors (Lipinski definition) is 3. The third kappa shape index (κ3) is 3.56. The fraction of sp³-hybridized carbons (Fsp3) is 0.292. The van der Waals surface area contributed by atoms with Gasteiger partial charge in [-0.25, -0.2) is 0 Å². The summed E-state index contributed by atoms with van der Waals surface area (Å²) in [7, 11) is 0. The highest BCUT2D eigenvalue weighted by Crippen LogP contribution is 2.35. The predicted molar refractivity (Wildman–Crippen MR) is 120 cm³/mol. The van der Waals surface area contributed by atoms with E-state index in [1.807, 2.05) is 49.1 Å². The van der Waals surface area contributed by atoms with Crippen molar-refractivity contribution in [2.75, 3.05) is 6.54 Å². The zero-order valence-electron chi connectivity index (χ0n) is 17.6. The molecule has 0 radical (unpaired) electrons. The lowest BCUT2D eigenvalue weighted by Crippen LogP contribution is -2.30. The molecule has 3 N–H and O–H groups in total. The fourth-order valence-electron chi connectivity index (χ4n) is 4.41. The van der Waals surface area contributed by atoms with Gasteiger partial charge in [0.05, 0.1) is 17.8 Å². The summed E-state index contributed by atoms with van der Waals surface area (Å²) in [5.41, 5.74) is 4.14. The number of benzene rings is 2. The largest absolute Gasteiger partial charge is 0.351 e. The van der Waals surface area contributed by atoms with Crippen molar-refractivity contribution in [2.24, 2.45) is 0 Å². The molecule has 0 spiro atoms. The maximum Gasteiger partial charge on any atom is 0.267 e. The number of nitrogens with zero attached hydrogens (tertiary/aromatic N) is 2. The first kappa shape index (κ1) is 19.4. The topological polar surface area (TPSA) is 93.9 Å². The lowest BCUT2D eigenvalue weighted by Gasteiger charge is -2.25. The first-order valence-corrected chi connectivity index (χ1v) is 10.7. The van der Waals surface area contributed by atoms with Crippen LogP contribution in [0.25, 0.3) is 21.8 Å². The Labute approximate surface area is 179 Å². The van der Waals surface area contributed by atoms with Gasteiger partial charge in [-0.1, -0.05) is 12.1 Å². The Hall–Kier alpha value is -3.61. The number of H-pyrrole nitrogens is 2. The Balaban J connectivity index is 1.42. The van der Waals surface area contributed by atoms with Crippen molar-refractivity contribution in [3.8, 4) is 0 Å². The molecule has 31 heavy (non-hydrogen) atoms. The Morgan fingerprint density at radius 2 is 1.97 bits per heavy atom. The van der Waals surface area contributed by atoms with Gasteiger partial charge in [-0.3, -0.25) is 14.7 Å². The molecule has 7 nitrogen and oxygen atoms in total. The molecule has 1 saturated heterocycles. The van der Waals surface area contributed by atoms with Crippen LogP contribution in [0.1, 0.15) is 59.1 Å². The van der Waals surface area contributed by atoms with E-state index in [-0.39, 0.29) is 23.9 Å². The summed E-state index contributed by atoms with van der Waals surface area (Å²) in [6.07, 6.45) is 3.63. The first-order valence-electron chi connectivity index (χ1n) is 10.7. The minimum atomic E-state index is -0.111. The Bertz CT molecular complexity index is 1290. The third-order valence-corrected chi connectivity index (χ3v) is 5.90. The summed E-state index contributed by atoms with van der Waals surface area (Å²) in [6.45, 7) is 4.61. The van der Waals surface area contributed by atoms with E-state index in [9.17, 15) is 9.59 Å². The van der Waals surface area contributed by atoms with Gasteiger partial charge in [0, 0.05) is 34.4 Å². The number of hydrogen-bond donors (Lipinski definition) is 3. The van der Waals surface area contributed by atoms with Crippen molar-refractivity contribution in [3.63, 3.8) is 0 Å². The lowest BCUT2D eigenvalue weighted by atomic mass is 10.0. The van der Waals surface area contributed by atoms with Gasteiger partial charge in [0.1, 0.15) is 5.69 Å². The Kier molecular flexibility index (Phi) is 4.73. The average molecular weight is 415 g/mol. The summed E-state index contributed by atoms with van der Waals surface area (Å²) >= 11 is 0. The number of amides is 2. The van der Waals surface area contributed by atoms with E-state index in [0.29, 0.717) is 11.3 Å². The van der Waals surface area contributed by atoms with E-state index in [2.05, 4.69) is 32.6 Å². The highest BCUT2D eigenvalue weighted by Gasteiger charge is 2.31. The molecule has 1 aliphatic heterocycles. The molecule has 2 amide bonds. The predicted octanol–water partition coefficient (Wildman–Crippen LogP) is 4.16. The number of fused-ring (bicyclic) bond motifs is 2. The van der Waals surface area contributed by atoms with Crippen molar-refractivity contribution in [1.82, 2.24) is 25.4 Å². The van der Waals surface area contributed by atoms with Crippen LogP contribution in [0, 0.1) is 0 Å². The van der Waals surface area contributed by atoms with Gasteiger partial charge in [-0.2, -0.15) is 5.10 Å². The maximum atomic E-state index is 13.3. The first-order chi connectivity index (χ1) is 15.0. The van der Waals surface area contributed by atoms with Crippen molar-refractivity contribution < 1.29 is 9.59 Å². The highest BCUT2D eigenvalue weighted by atomic mass is 16.2. The van der Waals surface area contributed by atoms with Crippen LogP contribution in [0.5, 0.6) is 0 Å². The van der Waals surface area contributed by atoms with Crippen LogP contribution in [-0.2, 0) is 0 Å². The van der Waals surface area contributed by atoms with Gasteiger partial charge in [0.25, 0.3) is 11.8 Å². The molecular formula is C24H25N5O2. The maximum absolute atomic E-state index is 13.3. The molecule has 2 aromatic carbocycles. The van der Waals surface area contributed by atoms with Crippen molar-refractivity contribution in [2.45, 2.75) is 38.8 Å². The molecule has 1 unspecified atom stereocenters. The molecule has 5 rings (SSSR count). The van der Waals surface area contributed by atoms with Crippen LogP contribution in [0.4, 0.5) is 0 Å². The quantitative estimate of drug-likeness (QED) is 0.467. The highest BCUT2D eigenvalue weighted by molar-refractivity contribution is 5.99. The Morgan fingerprint density at radius 1 is 1.10 bits per heavy atom. The molecule has 3 heterocycles. The summed E-state index contributed by atoms with van der Waals surface area (Å²) < 4.78 is 0. The standard InChI is InChI=1S/C24H25N5O2/c1-14(2)26-23(30)21-11-15-5-6-16(12-20(15)27-21)22-4-3-9-29(22)24(31)17-7-8-19-18(10-17)13-25-28-19/h5-8,10-14,22,27H,3-4,9H2,1-2H3,(H,25,28)(H,26,30). The van der Waals surface area contributed by atoms with E-state index in [4.69, 9.17) is 0 Å². The van der Waals surface area contributed by atoms with Crippen molar-refractivity contribution in [3.05, 3.63) is 65.5 Å². The van der Waals surface area contributed by atoms with Gasteiger partial charge in [0.2, 0.25) is 0 Å². The number of aromatic amines is 2. The van der Waals surface area contributed by atoms with Crippen LogP contribution in [0.2, 0.25) is 0 Å². The normalized spacial score (nSPS) is 16.5. The van der Waals surface area contributed by atoms with Crippen LogP contribution in [0.3, 0.4) is 0 Å². The number of carbonyl (C=O) groups is 2. The number of carbonyl (C=O) groups excluding carboxylic acids is 2. The fourth-order valence-corrected chi connectivity index (χ4v) is 4.41. The number of nitrogens with one attached hydrogen (secondary N) is 3. The molecule has 4 aromatic rings. The summed E-state index contributed by atoms with van der Waals surface area (Å²) in [5, 5.41) is 11.8. The van der Waals surface area contributed by atoms with Gasteiger partial charge >= 0.3 is 0 Å². The SMILES string of the molecule is CC(C)NC(=O)c1cc2ccc(C3CCCN3C(=O)c3ccc4[nH]ncc4c3)cc2[nH]1. The molecule has 158 valence electrons. The third-order valence-electron chi connectivity index (χ3n) is 5.90. The molecule has 0 saturated carbocycles. The van der Waals surface area contributed by atoms with E-state index in [1.165, 1.54) is 0 Å². The molecule has 1 fully saturated rings. The number of rotatable bonds is 4. The molecule has 2 aromatic heterocycles. The molecule has 0 aliphatic carbocycles. The van der Waals surface area contributed by atoms with Crippen LogP contribution >= 0.6 is 0 Å². The van der Waals surface area contributed by atoms with E-state index in [0.717, 1.165) is 46.8 Å². The molecular weight excluding hydrogens is 390 g/mol. The number of likely N-dealkylation sites (tertiary alicyclic amines) is 1. The van der Waals surface area contributed by atoms with Gasteiger partial charge < -0.3 is 15.2 Å². The van der Waals surface area contributed by atoms with Gasteiger partial charge in [0.15, 0.2) is 0 Å². The molecule has 1 atom stereocenters. The second-order valence-corrected chi connectivity index (χ2v) is 8.49. The van der Waals surface area contributed by atoms with Crippen LogP contribution in [0.15, 0.2) is 48.7 Å². The zero-order valence-corrected chi connectivity index (χ0v) is 17.6. The van der Waals surface area contributed by atoms with Gasteiger partial charge in [-0.05, 0) is 62.6 Å². The minimum Gasteiger partial charge on any atom is -0.351 e. The minimum absolute atomic E-state index is 0.0215. The van der Waals surface area contributed by atoms with E-state index in [1.54, 1.807) is 6.20 Å². The van der Waals surface area contributed by atoms with E-state index >= 15 is 0 Å². The smallest absolute Gasteiger partial charge is 0.267 e. The number of aromatic nitrogens is 3. The van der Waals surface area contributed by atoms with Gasteiger partial charge in [-0.15, -0.1) is 0 Å². The Morgan fingerprint density at radius 3 is 2.81 bits per heavy atom. The molecule has 7 heteroatoms. The van der Waals surface area contributed by atoms with E-state index < -0.39 is 0 Å². The summed E-state index contributed by atoms with van der Waals surface area (Å²) in [5.74, 6) is -0.0748. The lowest BCUT2D eigenvalue weighted by molar-refractivity contribution is 0.0735. The average Bonchev–Trinajstić information content (AvgIpc) is 3.50. The second kappa shape index (κ2) is 7.58. The second-order valence-electron chi connectivity index (χ2n) is 8.49. The van der Waals surface area contributed by atoms with Crippen molar-refractivity contribution >= 4 is 33.6 Å². The summed E-state index contributed by atoms with van der Waals surface area (Å²) in [6, 6.07) is 13.8.